The van der Waals surface area contributed by atoms with Crippen LogP contribution in [0.5, 0.6) is 6.01 Å². The molecule has 164 valence electrons. The lowest BCUT2D eigenvalue weighted by molar-refractivity contribution is -0.117. The Morgan fingerprint density at radius 2 is 1.74 bits per heavy atom. The molecule has 3 rings (SSSR count). The molecule has 0 aliphatic carbocycles. The predicted molar refractivity (Wildman–Crippen MR) is 117 cm³/mol. The van der Waals surface area contributed by atoms with E-state index in [0.717, 1.165) is 5.69 Å². The Balaban J connectivity index is 1.86. The largest absolute Gasteiger partial charge is 0.460 e. The Hall–Kier alpha value is -3.26. The van der Waals surface area contributed by atoms with Crippen molar-refractivity contribution in [2.45, 2.75) is 27.2 Å². The topological polar surface area (TPSA) is 78.3 Å². The number of hydrogen-bond acceptors (Lipinski definition) is 5. The van der Waals surface area contributed by atoms with Crippen molar-refractivity contribution >= 4 is 11.6 Å². The first-order valence-corrected chi connectivity index (χ1v) is 10.0. The van der Waals surface area contributed by atoms with Crippen molar-refractivity contribution in [2.75, 3.05) is 25.6 Å². The van der Waals surface area contributed by atoms with Crippen LogP contribution in [0.4, 0.5) is 10.1 Å². The summed E-state index contributed by atoms with van der Waals surface area (Å²) in [4.78, 5) is 16.6. The third-order valence-corrected chi connectivity index (χ3v) is 4.30. The lowest BCUT2D eigenvalue weighted by atomic mass is 9.92. The van der Waals surface area contributed by atoms with E-state index in [-0.39, 0.29) is 23.1 Å². The van der Waals surface area contributed by atoms with Crippen LogP contribution in [-0.4, -0.2) is 41.0 Å². The highest BCUT2D eigenvalue weighted by Crippen LogP contribution is 2.25. The molecule has 2 aromatic carbocycles. The zero-order chi connectivity index (χ0) is 22.4. The number of ether oxygens (including phenoxy) is 2. The molecule has 3 aromatic rings. The summed E-state index contributed by atoms with van der Waals surface area (Å²) >= 11 is 0. The highest BCUT2D eigenvalue weighted by Gasteiger charge is 2.17. The first-order valence-electron chi connectivity index (χ1n) is 10.0. The van der Waals surface area contributed by atoms with Crippen molar-refractivity contribution < 1.29 is 18.7 Å². The van der Waals surface area contributed by atoms with Gasteiger partial charge in [0, 0.05) is 24.8 Å². The zero-order valence-electron chi connectivity index (χ0n) is 18.2. The minimum Gasteiger partial charge on any atom is -0.460 e. The summed E-state index contributed by atoms with van der Waals surface area (Å²) in [5.74, 6) is 0.139. The minimum atomic E-state index is -0.332. The number of carbonyl (C=O) groups excluding carboxylic acids is 1. The van der Waals surface area contributed by atoms with Crippen LogP contribution < -0.4 is 10.1 Å². The number of amides is 1. The zero-order valence-corrected chi connectivity index (χ0v) is 18.2. The van der Waals surface area contributed by atoms with E-state index >= 15 is 0 Å². The van der Waals surface area contributed by atoms with Gasteiger partial charge in [0.2, 0.25) is 5.91 Å². The molecule has 0 radical (unpaired) electrons. The number of nitrogens with one attached hydrogen (secondary N) is 1. The van der Waals surface area contributed by atoms with Gasteiger partial charge in [-0.15, -0.1) is 5.10 Å². The van der Waals surface area contributed by atoms with Crippen LogP contribution in [0.2, 0.25) is 0 Å². The summed E-state index contributed by atoms with van der Waals surface area (Å²) in [6.45, 7) is 6.77. The summed E-state index contributed by atoms with van der Waals surface area (Å²) in [5.41, 5.74) is 2.02. The fraction of sp³-hybridized carbons (Fsp3) is 0.348. The third-order valence-electron chi connectivity index (χ3n) is 4.30. The Morgan fingerprint density at radius 3 is 2.35 bits per heavy atom. The molecule has 31 heavy (non-hydrogen) atoms. The Labute approximate surface area is 181 Å². The van der Waals surface area contributed by atoms with Crippen molar-refractivity contribution in [1.82, 2.24) is 14.8 Å². The minimum absolute atomic E-state index is 0.0400. The standard InChI is InChI=1S/C23H27FN4O3/c1-23(2,3)15-20(29)25-18-9-11-19(12-10-18)28-21(16-5-7-17(24)8-6-16)26-22(27-28)31-14-13-30-4/h5-12H,13-15H2,1-4H3,(H,25,29). The van der Waals surface area contributed by atoms with Crippen LogP contribution in [0.3, 0.4) is 0 Å². The van der Waals surface area contributed by atoms with Crippen LogP contribution >= 0.6 is 0 Å². The van der Waals surface area contributed by atoms with Gasteiger partial charge in [-0.2, -0.15) is 4.98 Å². The Bertz CT molecular complexity index is 1010. The van der Waals surface area contributed by atoms with Crippen molar-refractivity contribution in [3.63, 3.8) is 0 Å². The van der Waals surface area contributed by atoms with Gasteiger partial charge >= 0.3 is 6.01 Å². The maximum atomic E-state index is 13.4. The van der Waals surface area contributed by atoms with E-state index < -0.39 is 0 Å². The first kappa shape index (κ1) is 22.4. The van der Waals surface area contributed by atoms with Crippen molar-refractivity contribution in [3.8, 4) is 23.1 Å². The highest BCUT2D eigenvalue weighted by atomic mass is 19.1. The van der Waals surface area contributed by atoms with Crippen molar-refractivity contribution in [1.29, 1.82) is 0 Å². The second-order valence-electron chi connectivity index (χ2n) is 8.31. The average Bonchev–Trinajstić information content (AvgIpc) is 3.12. The lowest BCUT2D eigenvalue weighted by Crippen LogP contribution is -2.19. The number of aromatic nitrogens is 3. The lowest BCUT2D eigenvalue weighted by Gasteiger charge is -2.17. The Morgan fingerprint density at radius 1 is 1.06 bits per heavy atom. The number of halogens is 1. The maximum absolute atomic E-state index is 13.4. The van der Waals surface area contributed by atoms with Crippen LogP contribution in [0, 0.1) is 11.2 Å². The molecule has 0 atom stereocenters. The summed E-state index contributed by atoms with van der Waals surface area (Å²) in [7, 11) is 1.58. The van der Waals surface area contributed by atoms with Gasteiger partial charge in [0.25, 0.3) is 0 Å². The predicted octanol–water partition coefficient (Wildman–Crippen LogP) is 4.47. The molecular formula is C23H27FN4O3. The van der Waals surface area contributed by atoms with Crippen molar-refractivity contribution in [3.05, 3.63) is 54.3 Å². The molecule has 0 fully saturated rings. The second kappa shape index (κ2) is 9.70. The van der Waals surface area contributed by atoms with E-state index in [1.54, 1.807) is 36.1 Å². The molecule has 0 bridgehead atoms. The summed E-state index contributed by atoms with van der Waals surface area (Å²) < 4.78 is 25.5. The van der Waals surface area contributed by atoms with E-state index in [9.17, 15) is 9.18 Å². The normalized spacial score (nSPS) is 11.4. The van der Waals surface area contributed by atoms with Crippen LogP contribution in [-0.2, 0) is 9.53 Å². The van der Waals surface area contributed by atoms with Gasteiger partial charge in [-0.3, -0.25) is 4.79 Å². The maximum Gasteiger partial charge on any atom is 0.336 e. The Kier molecular flexibility index (Phi) is 7.02. The number of methoxy groups -OCH3 is 1. The molecule has 1 amide bonds. The number of hydrogen-bond donors (Lipinski definition) is 1. The molecule has 0 unspecified atom stereocenters. The smallest absolute Gasteiger partial charge is 0.336 e. The summed E-state index contributed by atoms with van der Waals surface area (Å²) in [6.07, 6.45) is 0.425. The first-order chi connectivity index (χ1) is 14.7. The number of benzene rings is 2. The molecule has 0 aliphatic heterocycles. The second-order valence-corrected chi connectivity index (χ2v) is 8.31. The highest BCUT2D eigenvalue weighted by molar-refractivity contribution is 5.91. The van der Waals surface area contributed by atoms with Crippen molar-refractivity contribution in [2.24, 2.45) is 5.41 Å². The molecule has 0 saturated heterocycles. The van der Waals surface area contributed by atoms with Gasteiger partial charge in [0.05, 0.1) is 12.3 Å². The van der Waals surface area contributed by atoms with Crippen LogP contribution in [0.25, 0.3) is 17.1 Å². The van der Waals surface area contributed by atoms with E-state index in [0.29, 0.717) is 36.7 Å². The molecule has 7 nitrogen and oxygen atoms in total. The number of nitrogens with zero attached hydrogens (tertiary/aromatic N) is 3. The van der Waals surface area contributed by atoms with Gasteiger partial charge in [-0.1, -0.05) is 20.8 Å². The number of rotatable bonds is 8. The van der Waals surface area contributed by atoms with E-state index in [1.807, 2.05) is 32.9 Å². The van der Waals surface area contributed by atoms with Gasteiger partial charge in [-0.05, 0) is 53.9 Å². The van der Waals surface area contributed by atoms with Crippen LogP contribution in [0.1, 0.15) is 27.2 Å². The van der Waals surface area contributed by atoms with Gasteiger partial charge < -0.3 is 14.8 Å². The molecule has 0 spiro atoms. The molecule has 1 heterocycles. The fourth-order valence-corrected chi connectivity index (χ4v) is 2.91. The molecule has 8 heteroatoms. The fourth-order valence-electron chi connectivity index (χ4n) is 2.91. The molecule has 1 N–H and O–H groups in total. The monoisotopic (exact) mass is 426 g/mol. The SMILES string of the molecule is COCCOc1nc(-c2ccc(F)cc2)n(-c2ccc(NC(=O)CC(C)(C)C)cc2)n1. The molecule has 0 saturated carbocycles. The molecule has 1 aromatic heterocycles. The van der Waals surface area contributed by atoms with E-state index in [2.05, 4.69) is 15.4 Å². The molecular weight excluding hydrogens is 399 g/mol. The van der Waals surface area contributed by atoms with Crippen LogP contribution in [0.15, 0.2) is 48.5 Å². The summed E-state index contributed by atoms with van der Waals surface area (Å²) in [6, 6.07) is 13.5. The number of carbonyl (C=O) groups is 1. The summed E-state index contributed by atoms with van der Waals surface area (Å²) in [5, 5.41) is 7.34. The quantitative estimate of drug-likeness (QED) is 0.538. The number of anilines is 1. The molecule has 0 aliphatic rings. The third kappa shape index (κ3) is 6.36. The van der Waals surface area contributed by atoms with E-state index in [4.69, 9.17) is 9.47 Å². The van der Waals surface area contributed by atoms with Gasteiger partial charge in [0.1, 0.15) is 12.4 Å². The van der Waals surface area contributed by atoms with Gasteiger partial charge in [0.15, 0.2) is 5.82 Å². The van der Waals surface area contributed by atoms with E-state index in [1.165, 1.54) is 12.1 Å². The average molecular weight is 426 g/mol. The van der Waals surface area contributed by atoms with Gasteiger partial charge in [-0.25, -0.2) is 9.07 Å².